The zero-order chi connectivity index (χ0) is 11.4. The van der Waals surface area contributed by atoms with Crippen molar-refractivity contribution in [3.8, 4) is 0 Å². The summed E-state index contributed by atoms with van der Waals surface area (Å²) in [4.78, 5) is 10.6. The van der Waals surface area contributed by atoms with E-state index in [9.17, 15) is 4.79 Å². The summed E-state index contributed by atoms with van der Waals surface area (Å²) in [5, 5.41) is 2.71. The van der Waals surface area contributed by atoms with Gasteiger partial charge in [-0.1, -0.05) is 31.4 Å². The van der Waals surface area contributed by atoms with Crippen LogP contribution in [0.1, 0.15) is 43.6 Å². The topological polar surface area (TPSA) is 29.1 Å². The first-order valence-electron chi connectivity index (χ1n) is 5.82. The summed E-state index contributed by atoms with van der Waals surface area (Å²) in [5.41, 5.74) is 2.26. The summed E-state index contributed by atoms with van der Waals surface area (Å²) in [6, 6.07) is 8.22. The standard InChI is InChI=1S/C13H16BrNO/c14-13(16)15-12-8-6-11(7-9-12)10-4-2-1-3-5-10/h6-10H,1-5H2,(H,15,16). The minimum Gasteiger partial charge on any atom is -0.317 e. The number of carbonyl (C=O) groups is 1. The van der Waals surface area contributed by atoms with E-state index >= 15 is 0 Å². The fourth-order valence-corrected chi connectivity index (χ4v) is 2.62. The second-order valence-corrected chi connectivity index (χ2v) is 5.08. The van der Waals surface area contributed by atoms with Crippen molar-refractivity contribution < 1.29 is 4.79 Å². The Balaban J connectivity index is 2.03. The quantitative estimate of drug-likeness (QED) is 0.620. The first-order chi connectivity index (χ1) is 7.75. The van der Waals surface area contributed by atoms with Crippen LogP contribution in [0.2, 0.25) is 0 Å². The Morgan fingerprint density at radius 3 is 2.31 bits per heavy atom. The zero-order valence-corrected chi connectivity index (χ0v) is 10.8. The molecular formula is C13H16BrNO. The molecule has 0 aliphatic heterocycles. The molecule has 0 atom stereocenters. The highest BCUT2D eigenvalue weighted by molar-refractivity contribution is 9.18. The van der Waals surface area contributed by atoms with Crippen LogP contribution in [0.3, 0.4) is 0 Å². The highest BCUT2D eigenvalue weighted by Crippen LogP contribution is 2.32. The zero-order valence-electron chi connectivity index (χ0n) is 9.21. The van der Waals surface area contributed by atoms with Gasteiger partial charge in [-0.2, -0.15) is 0 Å². The van der Waals surface area contributed by atoms with Gasteiger partial charge in [-0.15, -0.1) is 0 Å². The lowest BCUT2D eigenvalue weighted by Gasteiger charge is -2.22. The van der Waals surface area contributed by atoms with Crippen molar-refractivity contribution in [1.82, 2.24) is 0 Å². The van der Waals surface area contributed by atoms with Gasteiger partial charge in [0.2, 0.25) is 0 Å². The average molecular weight is 282 g/mol. The van der Waals surface area contributed by atoms with E-state index in [1.807, 2.05) is 12.1 Å². The molecule has 0 heterocycles. The molecule has 1 amide bonds. The van der Waals surface area contributed by atoms with E-state index in [2.05, 4.69) is 33.4 Å². The smallest absolute Gasteiger partial charge is 0.291 e. The number of halogens is 1. The van der Waals surface area contributed by atoms with Crippen molar-refractivity contribution in [2.24, 2.45) is 0 Å². The van der Waals surface area contributed by atoms with Gasteiger partial charge in [0.25, 0.3) is 4.82 Å². The number of amides is 1. The number of nitrogens with one attached hydrogen (secondary N) is 1. The van der Waals surface area contributed by atoms with Gasteiger partial charge in [0, 0.05) is 21.6 Å². The number of rotatable bonds is 2. The van der Waals surface area contributed by atoms with E-state index in [0.29, 0.717) is 0 Å². The predicted molar refractivity (Wildman–Crippen MR) is 70.2 cm³/mol. The van der Waals surface area contributed by atoms with Crippen LogP contribution in [-0.4, -0.2) is 4.82 Å². The van der Waals surface area contributed by atoms with E-state index in [0.717, 1.165) is 11.6 Å². The highest BCUT2D eigenvalue weighted by Gasteiger charge is 2.14. The molecule has 0 saturated heterocycles. The Bertz CT molecular complexity index is 355. The van der Waals surface area contributed by atoms with Crippen LogP contribution in [0.25, 0.3) is 0 Å². The van der Waals surface area contributed by atoms with Gasteiger partial charge in [0.15, 0.2) is 0 Å². The van der Waals surface area contributed by atoms with Gasteiger partial charge in [-0.3, -0.25) is 4.79 Å². The maximum absolute atomic E-state index is 10.8. The second kappa shape index (κ2) is 5.48. The molecule has 1 aromatic rings. The third-order valence-corrected chi connectivity index (χ3v) is 3.43. The molecule has 2 rings (SSSR count). The van der Waals surface area contributed by atoms with Gasteiger partial charge in [0.1, 0.15) is 0 Å². The monoisotopic (exact) mass is 281 g/mol. The van der Waals surface area contributed by atoms with Crippen LogP contribution < -0.4 is 5.32 Å². The number of benzene rings is 1. The predicted octanol–water partition coefficient (Wildman–Crippen LogP) is 4.66. The Morgan fingerprint density at radius 1 is 1.12 bits per heavy atom. The SMILES string of the molecule is O=C(Br)Nc1ccc(C2CCCCC2)cc1. The number of anilines is 1. The summed E-state index contributed by atoms with van der Waals surface area (Å²) in [6.45, 7) is 0. The summed E-state index contributed by atoms with van der Waals surface area (Å²) in [5.74, 6) is 0.725. The average Bonchev–Trinajstić information content (AvgIpc) is 2.30. The summed E-state index contributed by atoms with van der Waals surface area (Å²) < 4.78 is 0. The third kappa shape index (κ3) is 3.08. The molecule has 1 aromatic carbocycles. The molecule has 16 heavy (non-hydrogen) atoms. The molecule has 0 spiro atoms. The van der Waals surface area contributed by atoms with Crippen molar-refractivity contribution in [1.29, 1.82) is 0 Å². The Labute approximate surface area is 105 Å². The van der Waals surface area contributed by atoms with E-state index in [4.69, 9.17) is 0 Å². The van der Waals surface area contributed by atoms with E-state index in [-0.39, 0.29) is 4.82 Å². The van der Waals surface area contributed by atoms with Gasteiger partial charge >= 0.3 is 0 Å². The normalized spacial score (nSPS) is 17.1. The van der Waals surface area contributed by atoms with Gasteiger partial charge < -0.3 is 5.32 Å². The Kier molecular flexibility index (Phi) is 3.99. The maximum atomic E-state index is 10.8. The number of hydrogen-bond donors (Lipinski definition) is 1. The van der Waals surface area contributed by atoms with Crippen molar-refractivity contribution in [2.75, 3.05) is 5.32 Å². The van der Waals surface area contributed by atoms with Crippen LogP contribution in [0.5, 0.6) is 0 Å². The molecule has 3 heteroatoms. The lowest BCUT2D eigenvalue weighted by molar-refractivity contribution is 0.270. The van der Waals surface area contributed by atoms with E-state index in [1.165, 1.54) is 37.7 Å². The summed E-state index contributed by atoms with van der Waals surface area (Å²) in [6.07, 6.45) is 6.71. The molecule has 1 aliphatic rings. The van der Waals surface area contributed by atoms with Crippen molar-refractivity contribution in [3.05, 3.63) is 29.8 Å². The minimum absolute atomic E-state index is 0.196. The molecule has 2 nitrogen and oxygen atoms in total. The molecule has 1 saturated carbocycles. The minimum atomic E-state index is -0.196. The summed E-state index contributed by atoms with van der Waals surface area (Å²) in [7, 11) is 0. The number of carbonyl (C=O) groups excluding carboxylic acids is 1. The maximum Gasteiger partial charge on any atom is 0.291 e. The molecule has 1 fully saturated rings. The fraction of sp³-hybridized carbons (Fsp3) is 0.462. The Hall–Kier alpha value is -0.830. The third-order valence-electron chi connectivity index (χ3n) is 3.23. The van der Waals surface area contributed by atoms with Crippen LogP contribution in [0, 0.1) is 0 Å². The van der Waals surface area contributed by atoms with Gasteiger partial charge in [-0.05, 0) is 36.5 Å². The first-order valence-corrected chi connectivity index (χ1v) is 6.61. The van der Waals surface area contributed by atoms with Gasteiger partial charge in [-0.25, -0.2) is 0 Å². The molecule has 0 aromatic heterocycles. The van der Waals surface area contributed by atoms with Crippen LogP contribution >= 0.6 is 15.9 Å². The number of hydrogen-bond acceptors (Lipinski definition) is 1. The van der Waals surface area contributed by atoms with Gasteiger partial charge in [0.05, 0.1) is 0 Å². The molecule has 1 N–H and O–H groups in total. The molecule has 1 aliphatic carbocycles. The van der Waals surface area contributed by atoms with Crippen LogP contribution in [0.4, 0.5) is 10.5 Å². The van der Waals surface area contributed by atoms with Crippen LogP contribution in [-0.2, 0) is 0 Å². The molecule has 0 radical (unpaired) electrons. The molecule has 0 unspecified atom stereocenters. The first kappa shape index (κ1) is 11.6. The van der Waals surface area contributed by atoms with E-state index < -0.39 is 0 Å². The molecule has 0 bridgehead atoms. The largest absolute Gasteiger partial charge is 0.317 e. The van der Waals surface area contributed by atoms with Crippen molar-refractivity contribution in [3.63, 3.8) is 0 Å². The lowest BCUT2D eigenvalue weighted by atomic mass is 9.84. The van der Waals surface area contributed by atoms with Crippen molar-refractivity contribution in [2.45, 2.75) is 38.0 Å². The second-order valence-electron chi connectivity index (χ2n) is 4.36. The highest BCUT2D eigenvalue weighted by atomic mass is 79.9. The van der Waals surface area contributed by atoms with E-state index in [1.54, 1.807) is 0 Å². The lowest BCUT2D eigenvalue weighted by Crippen LogP contribution is -2.05. The molecule has 86 valence electrons. The van der Waals surface area contributed by atoms with Crippen LogP contribution in [0.15, 0.2) is 24.3 Å². The summed E-state index contributed by atoms with van der Waals surface area (Å²) >= 11 is 2.86. The fourth-order valence-electron chi connectivity index (χ4n) is 2.39. The Morgan fingerprint density at radius 2 is 1.75 bits per heavy atom. The van der Waals surface area contributed by atoms with Crippen molar-refractivity contribution >= 4 is 26.4 Å². The molecular weight excluding hydrogens is 266 g/mol.